The highest BCUT2D eigenvalue weighted by Gasteiger charge is 2.35. The number of nitrogens with zero attached hydrogens (tertiary/aromatic N) is 1. The van der Waals surface area contributed by atoms with Gasteiger partial charge in [0.25, 0.3) is 0 Å². The van der Waals surface area contributed by atoms with Crippen LogP contribution < -0.4 is 9.62 Å². The summed E-state index contributed by atoms with van der Waals surface area (Å²) in [5, 5.41) is 4.72. The van der Waals surface area contributed by atoms with Crippen LogP contribution in [0.4, 0.5) is 5.69 Å². The molecule has 0 aromatic heterocycles. The number of fused-ring (bicyclic) bond motifs is 1. The third kappa shape index (κ3) is 4.79. The van der Waals surface area contributed by atoms with Crippen LogP contribution in [0.5, 0.6) is 0 Å². The van der Waals surface area contributed by atoms with Gasteiger partial charge in [-0.05, 0) is 29.9 Å². The first-order valence-electron chi connectivity index (χ1n) is 10.7. The first kappa shape index (κ1) is 22.3. The number of sulfonamides is 1. The molecule has 1 amide bonds. The lowest BCUT2D eigenvalue weighted by Crippen LogP contribution is -2.47. The van der Waals surface area contributed by atoms with Crippen molar-refractivity contribution >= 4 is 32.4 Å². The van der Waals surface area contributed by atoms with Gasteiger partial charge >= 0.3 is 0 Å². The third-order valence-electron chi connectivity index (χ3n) is 6.18. The Kier molecular flexibility index (Phi) is 6.48. The number of rotatable bonds is 7. The van der Waals surface area contributed by atoms with Crippen LogP contribution in [0.1, 0.15) is 18.4 Å². The molecule has 4 rings (SSSR count). The highest BCUT2D eigenvalue weighted by molar-refractivity contribution is 7.92. The van der Waals surface area contributed by atoms with Gasteiger partial charge in [0.1, 0.15) is 6.54 Å². The molecule has 3 aromatic carbocycles. The van der Waals surface area contributed by atoms with E-state index in [9.17, 15) is 13.2 Å². The monoisotopic (exact) mass is 452 g/mol. The molecule has 0 spiro atoms. The highest BCUT2D eigenvalue weighted by atomic mass is 32.2. The molecule has 0 bridgehead atoms. The maximum absolute atomic E-state index is 13.0. The molecule has 168 valence electrons. The minimum absolute atomic E-state index is 0.218. The van der Waals surface area contributed by atoms with Crippen LogP contribution in [0.25, 0.3) is 10.8 Å². The van der Waals surface area contributed by atoms with Gasteiger partial charge in [0.05, 0.1) is 11.9 Å². The maximum atomic E-state index is 13.0. The summed E-state index contributed by atoms with van der Waals surface area (Å²) in [4.78, 5) is 13.0. The Hall–Kier alpha value is -2.90. The predicted molar refractivity (Wildman–Crippen MR) is 127 cm³/mol. The van der Waals surface area contributed by atoms with Crippen LogP contribution in [0.2, 0.25) is 0 Å². The standard InChI is InChI=1S/C25H28N2O4S/c1-32(29,30)27(23-13-7-9-20-8-5-6-12-22(20)23)18-24(28)26-19-25(14-16-31-17-15-25)21-10-3-2-4-11-21/h2-13H,14-19H2,1H3,(H,26,28). The zero-order chi connectivity index (χ0) is 22.6. The molecule has 1 aliphatic heterocycles. The fourth-order valence-electron chi connectivity index (χ4n) is 4.38. The molecule has 1 saturated heterocycles. The zero-order valence-corrected chi connectivity index (χ0v) is 19.0. The van der Waals surface area contributed by atoms with Crippen LogP contribution >= 0.6 is 0 Å². The second-order valence-electron chi connectivity index (χ2n) is 8.30. The van der Waals surface area contributed by atoms with E-state index in [0.29, 0.717) is 25.4 Å². The van der Waals surface area contributed by atoms with Gasteiger partial charge in [0, 0.05) is 30.6 Å². The van der Waals surface area contributed by atoms with Crippen molar-refractivity contribution in [1.82, 2.24) is 5.32 Å². The molecule has 0 aliphatic carbocycles. The average molecular weight is 453 g/mol. The van der Waals surface area contributed by atoms with E-state index < -0.39 is 10.0 Å². The number of amides is 1. The second kappa shape index (κ2) is 9.30. The van der Waals surface area contributed by atoms with Crippen molar-refractivity contribution in [2.75, 3.05) is 36.9 Å². The number of hydrogen-bond acceptors (Lipinski definition) is 4. The van der Waals surface area contributed by atoms with E-state index in [1.165, 1.54) is 4.31 Å². The summed E-state index contributed by atoms with van der Waals surface area (Å²) in [6.07, 6.45) is 2.73. The lowest BCUT2D eigenvalue weighted by atomic mass is 9.74. The largest absolute Gasteiger partial charge is 0.381 e. The summed E-state index contributed by atoms with van der Waals surface area (Å²) in [6, 6.07) is 23.2. The van der Waals surface area contributed by atoms with Crippen molar-refractivity contribution in [2.24, 2.45) is 0 Å². The normalized spacial score (nSPS) is 15.9. The van der Waals surface area contributed by atoms with E-state index in [1.54, 1.807) is 12.1 Å². The average Bonchev–Trinajstić information content (AvgIpc) is 2.81. The predicted octanol–water partition coefficient (Wildman–Crippen LogP) is 3.47. The van der Waals surface area contributed by atoms with Crippen LogP contribution in [0.3, 0.4) is 0 Å². The van der Waals surface area contributed by atoms with E-state index >= 15 is 0 Å². The SMILES string of the molecule is CS(=O)(=O)N(CC(=O)NCC1(c2ccccc2)CCOCC1)c1cccc2ccccc12. The molecular weight excluding hydrogens is 424 g/mol. The first-order valence-corrected chi connectivity index (χ1v) is 12.6. The summed E-state index contributed by atoms with van der Waals surface area (Å²) in [7, 11) is -3.66. The van der Waals surface area contributed by atoms with Crippen molar-refractivity contribution in [3.63, 3.8) is 0 Å². The van der Waals surface area contributed by atoms with Gasteiger partial charge in [-0.1, -0.05) is 66.7 Å². The maximum Gasteiger partial charge on any atom is 0.240 e. The van der Waals surface area contributed by atoms with Gasteiger partial charge in [0.15, 0.2) is 0 Å². The molecule has 1 fully saturated rings. The van der Waals surface area contributed by atoms with E-state index in [4.69, 9.17) is 4.74 Å². The molecule has 1 N–H and O–H groups in total. The van der Waals surface area contributed by atoms with Gasteiger partial charge in [-0.2, -0.15) is 0 Å². The van der Waals surface area contributed by atoms with Crippen LogP contribution in [0, 0.1) is 0 Å². The summed E-state index contributed by atoms with van der Waals surface area (Å²) in [5.41, 5.74) is 1.45. The zero-order valence-electron chi connectivity index (χ0n) is 18.2. The Balaban J connectivity index is 1.56. The Morgan fingerprint density at radius 3 is 2.34 bits per heavy atom. The van der Waals surface area contributed by atoms with Crippen LogP contribution in [-0.4, -0.2) is 46.9 Å². The minimum Gasteiger partial charge on any atom is -0.381 e. The smallest absolute Gasteiger partial charge is 0.240 e. The molecule has 0 atom stereocenters. The van der Waals surface area contributed by atoms with Crippen molar-refractivity contribution < 1.29 is 17.9 Å². The topological polar surface area (TPSA) is 75.7 Å². The van der Waals surface area contributed by atoms with Gasteiger partial charge in [0.2, 0.25) is 15.9 Å². The lowest BCUT2D eigenvalue weighted by Gasteiger charge is -2.38. The molecule has 3 aromatic rings. The van der Waals surface area contributed by atoms with E-state index in [1.807, 2.05) is 48.5 Å². The summed E-state index contributed by atoms with van der Waals surface area (Å²) in [6.45, 7) is 1.44. The first-order chi connectivity index (χ1) is 15.4. The quantitative estimate of drug-likeness (QED) is 0.596. The number of benzene rings is 3. The fraction of sp³-hybridized carbons (Fsp3) is 0.320. The molecule has 0 unspecified atom stereocenters. The van der Waals surface area contributed by atoms with E-state index in [2.05, 4.69) is 17.4 Å². The van der Waals surface area contributed by atoms with Gasteiger partial charge in [-0.3, -0.25) is 9.10 Å². The number of anilines is 1. The Labute approximate surface area is 189 Å². The number of carbonyl (C=O) groups excluding carboxylic acids is 1. The molecule has 0 saturated carbocycles. The number of ether oxygens (including phenoxy) is 1. The lowest BCUT2D eigenvalue weighted by molar-refractivity contribution is -0.120. The summed E-state index contributed by atoms with van der Waals surface area (Å²) in [5.74, 6) is -0.329. The fourth-order valence-corrected chi connectivity index (χ4v) is 5.25. The van der Waals surface area contributed by atoms with E-state index in [0.717, 1.165) is 35.4 Å². The Bertz CT molecular complexity index is 1180. The third-order valence-corrected chi connectivity index (χ3v) is 7.31. The molecule has 6 nitrogen and oxygen atoms in total. The molecule has 1 heterocycles. The molecule has 0 radical (unpaired) electrons. The summed E-state index contributed by atoms with van der Waals surface area (Å²) >= 11 is 0. The number of hydrogen-bond donors (Lipinski definition) is 1. The second-order valence-corrected chi connectivity index (χ2v) is 10.2. The van der Waals surface area contributed by atoms with Crippen LogP contribution in [0.15, 0.2) is 72.8 Å². The Morgan fingerprint density at radius 1 is 0.969 bits per heavy atom. The molecule has 1 aliphatic rings. The number of nitrogens with one attached hydrogen (secondary N) is 1. The van der Waals surface area contributed by atoms with Crippen molar-refractivity contribution in [2.45, 2.75) is 18.3 Å². The summed E-state index contributed by atoms with van der Waals surface area (Å²) < 4.78 is 32.0. The Morgan fingerprint density at radius 2 is 1.62 bits per heavy atom. The van der Waals surface area contributed by atoms with Crippen LogP contribution in [-0.2, 0) is 25.0 Å². The van der Waals surface area contributed by atoms with Gasteiger partial charge < -0.3 is 10.1 Å². The van der Waals surface area contributed by atoms with Crippen molar-refractivity contribution in [3.05, 3.63) is 78.4 Å². The van der Waals surface area contributed by atoms with Crippen molar-refractivity contribution in [1.29, 1.82) is 0 Å². The van der Waals surface area contributed by atoms with Gasteiger partial charge in [-0.25, -0.2) is 8.42 Å². The van der Waals surface area contributed by atoms with Gasteiger partial charge in [-0.15, -0.1) is 0 Å². The van der Waals surface area contributed by atoms with Crippen molar-refractivity contribution in [3.8, 4) is 0 Å². The van der Waals surface area contributed by atoms with E-state index in [-0.39, 0.29) is 17.9 Å². The number of carbonyl (C=O) groups is 1. The molecule has 7 heteroatoms. The highest BCUT2D eigenvalue weighted by Crippen LogP contribution is 2.34. The molecule has 32 heavy (non-hydrogen) atoms. The minimum atomic E-state index is -3.66. The molecular formula is C25H28N2O4S.